The topological polar surface area (TPSA) is 66.9 Å². The molecule has 30 heavy (non-hydrogen) atoms. The highest BCUT2D eigenvalue weighted by Crippen LogP contribution is 2.40. The number of thiophene rings is 1. The number of para-hydroxylation sites is 1. The van der Waals surface area contributed by atoms with Crippen LogP contribution in [0.5, 0.6) is 0 Å². The number of hydrogen-bond donors (Lipinski definition) is 2. The van der Waals surface area contributed by atoms with Gasteiger partial charge in [0.2, 0.25) is 5.91 Å². The lowest BCUT2D eigenvalue weighted by Crippen LogP contribution is -2.14. The Kier molecular flexibility index (Phi) is 6.26. The van der Waals surface area contributed by atoms with Crippen molar-refractivity contribution in [3.8, 4) is 11.1 Å². The minimum absolute atomic E-state index is 0.0610. The number of fused-ring (bicyclic) bond motifs is 1. The van der Waals surface area contributed by atoms with Crippen molar-refractivity contribution in [2.45, 2.75) is 19.8 Å². The minimum Gasteiger partial charge on any atom is -0.369 e. The lowest BCUT2D eigenvalue weighted by molar-refractivity contribution is -0.116. The summed E-state index contributed by atoms with van der Waals surface area (Å²) >= 11 is 7.76. The van der Waals surface area contributed by atoms with Gasteiger partial charge in [0.15, 0.2) is 0 Å². The number of nitrogens with one attached hydrogen (secondary N) is 2. The fraction of sp³-hybridized carbons (Fsp3) is 0.174. The number of benzene rings is 2. The number of aryl methyl sites for hydroxylation is 1. The van der Waals surface area contributed by atoms with Crippen molar-refractivity contribution in [3.63, 3.8) is 0 Å². The van der Waals surface area contributed by atoms with Gasteiger partial charge in [0.1, 0.15) is 17.0 Å². The van der Waals surface area contributed by atoms with Gasteiger partial charge in [0.25, 0.3) is 0 Å². The first-order chi connectivity index (χ1) is 14.6. The minimum atomic E-state index is -0.0610. The fourth-order valence-corrected chi connectivity index (χ4v) is 4.56. The maximum atomic E-state index is 12.2. The Hall–Kier alpha value is -2.96. The molecule has 0 spiro atoms. The van der Waals surface area contributed by atoms with Crippen LogP contribution in [0.15, 0.2) is 60.9 Å². The molecule has 2 heterocycles. The van der Waals surface area contributed by atoms with E-state index in [0.29, 0.717) is 30.1 Å². The highest BCUT2D eigenvalue weighted by atomic mass is 35.5. The molecule has 0 aliphatic carbocycles. The number of nitrogens with zero attached hydrogens (tertiary/aromatic N) is 2. The number of amides is 1. The number of halogens is 1. The molecule has 0 saturated heterocycles. The van der Waals surface area contributed by atoms with E-state index in [1.807, 2.05) is 30.3 Å². The highest BCUT2D eigenvalue weighted by Gasteiger charge is 2.16. The molecule has 0 saturated carbocycles. The van der Waals surface area contributed by atoms with Crippen LogP contribution in [0.1, 0.15) is 17.7 Å². The second kappa shape index (κ2) is 9.24. The Balaban J connectivity index is 1.43. The van der Waals surface area contributed by atoms with Gasteiger partial charge in [-0.15, -0.1) is 11.3 Å². The van der Waals surface area contributed by atoms with Gasteiger partial charge in [-0.25, -0.2) is 9.97 Å². The molecule has 152 valence electrons. The molecule has 4 aromatic rings. The SMILES string of the molecule is Cc1sc2ncnc(NCCCC(=O)Nc3ccccc3Cl)c2c1-c1ccccc1. The zero-order valence-corrected chi connectivity index (χ0v) is 18.1. The predicted molar refractivity (Wildman–Crippen MR) is 125 cm³/mol. The molecular formula is C23H21ClN4OS. The van der Waals surface area contributed by atoms with Gasteiger partial charge >= 0.3 is 0 Å². The van der Waals surface area contributed by atoms with Crippen molar-refractivity contribution >= 4 is 50.6 Å². The van der Waals surface area contributed by atoms with Crippen molar-refractivity contribution in [1.82, 2.24) is 9.97 Å². The summed E-state index contributed by atoms with van der Waals surface area (Å²) in [6.07, 6.45) is 2.64. The smallest absolute Gasteiger partial charge is 0.224 e. The summed E-state index contributed by atoms with van der Waals surface area (Å²) in [5, 5.41) is 7.81. The molecule has 0 radical (unpaired) electrons. The molecule has 0 aliphatic rings. The third kappa shape index (κ3) is 4.45. The molecule has 7 heteroatoms. The number of anilines is 2. The van der Waals surface area contributed by atoms with Gasteiger partial charge in [0, 0.05) is 23.4 Å². The van der Waals surface area contributed by atoms with E-state index in [9.17, 15) is 4.79 Å². The predicted octanol–water partition coefficient (Wildman–Crippen LogP) is 6.15. The van der Waals surface area contributed by atoms with Crippen LogP contribution in [-0.2, 0) is 4.79 Å². The molecule has 2 aromatic carbocycles. The number of aromatic nitrogens is 2. The monoisotopic (exact) mass is 436 g/mol. The molecule has 1 amide bonds. The van der Waals surface area contributed by atoms with Crippen LogP contribution in [0.4, 0.5) is 11.5 Å². The number of carbonyl (C=O) groups is 1. The summed E-state index contributed by atoms with van der Waals surface area (Å²) in [5.74, 6) is 0.740. The Bertz CT molecular complexity index is 1180. The quantitative estimate of drug-likeness (QED) is 0.341. The van der Waals surface area contributed by atoms with E-state index >= 15 is 0 Å². The Morgan fingerprint density at radius 3 is 2.63 bits per heavy atom. The Morgan fingerprint density at radius 2 is 1.83 bits per heavy atom. The van der Waals surface area contributed by atoms with Crippen LogP contribution >= 0.6 is 22.9 Å². The van der Waals surface area contributed by atoms with Crippen molar-refractivity contribution in [3.05, 3.63) is 70.8 Å². The molecule has 0 unspecified atom stereocenters. The highest BCUT2D eigenvalue weighted by molar-refractivity contribution is 7.19. The molecule has 0 fully saturated rings. The molecule has 0 bridgehead atoms. The van der Waals surface area contributed by atoms with Gasteiger partial charge in [-0.3, -0.25) is 4.79 Å². The van der Waals surface area contributed by atoms with E-state index in [1.54, 1.807) is 29.8 Å². The largest absolute Gasteiger partial charge is 0.369 e. The summed E-state index contributed by atoms with van der Waals surface area (Å²) in [7, 11) is 0. The van der Waals surface area contributed by atoms with Crippen LogP contribution in [0, 0.1) is 6.92 Å². The molecule has 2 N–H and O–H groups in total. The van der Waals surface area contributed by atoms with Crippen LogP contribution in [-0.4, -0.2) is 22.4 Å². The maximum absolute atomic E-state index is 12.2. The van der Waals surface area contributed by atoms with E-state index in [1.165, 1.54) is 4.88 Å². The van der Waals surface area contributed by atoms with E-state index in [0.717, 1.165) is 27.2 Å². The molecule has 5 nitrogen and oxygen atoms in total. The first-order valence-electron chi connectivity index (χ1n) is 9.71. The van der Waals surface area contributed by atoms with Gasteiger partial charge in [-0.1, -0.05) is 54.1 Å². The van der Waals surface area contributed by atoms with Crippen molar-refractivity contribution < 1.29 is 4.79 Å². The summed E-state index contributed by atoms with van der Waals surface area (Å²) in [5.41, 5.74) is 2.95. The van der Waals surface area contributed by atoms with E-state index in [2.05, 4.69) is 39.7 Å². The second-order valence-electron chi connectivity index (χ2n) is 6.86. The Morgan fingerprint density at radius 1 is 1.07 bits per heavy atom. The van der Waals surface area contributed by atoms with E-state index in [4.69, 9.17) is 11.6 Å². The van der Waals surface area contributed by atoms with E-state index < -0.39 is 0 Å². The number of hydrogen-bond acceptors (Lipinski definition) is 5. The zero-order chi connectivity index (χ0) is 20.9. The zero-order valence-electron chi connectivity index (χ0n) is 16.5. The van der Waals surface area contributed by atoms with E-state index in [-0.39, 0.29) is 5.91 Å². The van der Waals surface area contributed by atoms with Crippen molar-refractivity contribution in [1.29, 1.82) is 0 Å². The lowest BCUT2D eigenvalue weighted by atomic mass is 10.0. The molecular weight excluding hydrogens is 416 g/mol. The molecule has 0 atom stereocenters. The van der Waals surface area contributed by atoms with Gasteiger partial charge < -0.3 is 10.6 Å². The van der Waals surface area contributed by atoms with Crippen LogP contribution < -0.4 is 10.6 Å². The first kappa shape index (κ1) is 20.3. The van der Waals surface area contributed by atoms with Crippen LogP contribution in [0.3, 0.4) is 0 Å². The number of rotatable bonds is 7. The normalized spacial score (nSPS) is 10.9. The third-order valence-electron chi connectivity index (χ3n) is 4.75. The Labute approximate surface area is 184 Å². The van der Waals surface area contributed by atoms with Crippen molar-refractivity contribution in [2.24, 2.45) is 0 Å². The summed E-state index contributed by atoms with van der Waals surface area (Å²) in [6, 6.07) is 17.5. The fourth-order valence-electron chi connectivity index (χ4n) is 3.36. The van der Waals surface area contributed by atoms with Crippen LogP contribution in [0.25, 0.3) is 21.3 Å². The van der Waals surface area contributed by atoms with Crippen LogP contribution in [0.2, 0.25) is 5.02 Å². The van der Waals surface area contributed by atoms with Gasteiger partial charge in [0.05, 0.1) is 16.1 Å². The number of carbonyl (C=O) groups excluding carboxylic acids is 1. The summed E-state index contributed by atoms with van der Waals surface area (Å²) in [6.45, 7) is 2.74. The average Bonchev–Trinajstić information content (AvgIpc) is 3.10. The molecule has 2 aromatic heterocycles. The summed E-state index contributed by atoms with van der Waals surface area (Å²) in [4.78, 5) is 23.3. The van der Waals surface area contributed by atoms with Gasteiger partial charge in [-0.05, 0) is 31.0 Å². The van der Waals surface area contributed by atoms with Crippen molar-refractivity contribution in [2.75, 3.05) is 17.2 Å². The molecule has 0 aliphatic heterocycles. The van der Waals surface area contributed by atoms with Gasteiger partial charge in [-0.2, -0.15) is 0 Å². The third-order valence-corrected chi connectivity index (χ3v) is 6.09. The first-order valence-corrected chi connectivity index (χ1v) is 10.9. The average molecular weight is 437 g/mol. The molecule has 4 rings (SSSR count). The summed E-state index contributed by atoms with van der Waals surface area (Å²) < 4.78 is 0. The lowest BCUT2D eigenvalue weighted by Gasteiger charge is -2.10. The second-order valence-corrected chi connectivity index (χ2v) is 8.47. The maximum Gasteiger partial charge on any atom is 0.224 e. The standard InChI is InChI=1S/C23H21ClN4OS/c1-15-20(16-8-3-2-4-9-16)21-22(26-14-27-23(21)30-15)25-13-7-12-19(29)28-18-11-6-5-10-17(18)24/h2-6,8-11,14H,7,12-13H2,1H3,(H,28,29)(H,25,26,27).